The van der Waals surface area contributed by atoms with Crippen molar-refractivity contribution in [1.29, 1.82) is 0 Å². The van der Waals surface area contributed by atoms with E-state index in [0.717, 1.165) is 6.42 Å². The van der Waals surface area contributed by atoms with E-state index in [0.29, 0.717) is 24.4 Å². The molecule has 0 aliphatic rings. The van der Waals surface area contributed by atoms with Gasteiger partial charge < -0.3 is 10.1 Å². The van der Waals surface area contributed by atoms with Gasteiger partial charge in [-0.3, -0.25) is 0 Å². The van der Waals surface area contributed by atoms with Crippen LogP contribution in [0.2, 0.25) is 0 Å². The number of rotatable bonds is 5. The molecule has 0 atom stereocenters. The quantitative estimate of drug-likeness (QED) is 0.780. The lowest BCUT2D eigenvalue weighted by Gasteiger charge is -2.07. The first kappa shape index (κ1) is 10.8. The molecule has 0 aliphatic heterocycles. The van der Waals surface area contributed by atoms with Gasteiger partial charge in [0.1, 0.15) is 0 Å². The zero-order valence-corrected chi connectivity index (χ0v) is 8.95. The summed E-state index contributed by atoms with van der Waals surface area (Å²) in [7, 11) is 1.78. The van der Waals surface area contributed by atoms with E-state index in [4.69, 9.17) is 4.74 Å². The minimum absolute atomic E-state index is 0.590. The summed E-state index contributed by atoms with van der Waals surface area (Å²) in [5.41, 5.74) is 0. The van der Waals surface area contributed by atoms with Crippen molar-refractivity contribution in [3.8, 4) is 5.88 Å². The van der Waals surface area contributed by atoms with Crippen LogP contribution in [0.1, 0.15) is 20.3 Å². The van der Waals surface area contributed by atoms with Crippen molar-refractivity contribution >= 4 is 5.95 Å². The van der Waals surface area contributed by atoms with Crippen molar-refractivity contribution in [2.45, 2.75) is 20.3 Å². The largest absolute Gasteiger partial charge is 0.478 e. The molecule has 0 aliphatic carbocycles. The molecule has 0 spiro atoms. The van der Waals surface area contributed by atoms with E-state index in [-0.39, 0.29) is 0 Å². The van der Waals surface area contributed by atoms with Gasteiger partial charge in [0, 0.05) is 19.3 Å². The number of aromatic nitrogens is 2. The van der Waals surface area contributed by atoms with Crippen LogP contribution in [0.25, 0.3) is 0 Å². The van der Waals surface area contributed by atoms with Gasteiger partial charge in [-0.15, -0.1) is 0 Å². The number of nitrogens with one attached hydrogen (secondary N) is 1. The summed E-state index contributed by atoms with van der Waals surface area (Å²) in [5.74, 6) is 1.87. The first-order chi connectivity index (χ1) is 6.72. The number of hydrogen-bond acceptors (Lipinski definition) is 4. The molecular weight excluding hydrogens is 178 g/mol. The van der Waals surface area contributed by atoms with E-state index in [2.05, 4.69) is 29.1 Å². The lowest BCUT2D eigenvalue weighted by atomic mass is 10.1. The van der Waals surface area contributed by atoms with E-state index < -0.39 is 0 Å². The SMILES string of the molecule is CNc1nccc(OCCC(C)C)n1. The number of anilines is 1. The van der Waals surface area contributed by atoms with Crippen LogP contribution >= 0.6 is 0 Å². The molecule has 1 aromatic heterocycles. The molecule has 0 saturated carbocycles. The van der Waals surface area contributed by atoms with Crippen LogP contribution in [0.4, 0.5) is 5.95 Å². The Labute approximate surface area is 84.7 Å². The minimum Gasteiger partial charge on any atom is -0.478 e. The van der Waals surface area contributed by atoms with Crippen molar-refractivity contribution in [3.05, 3.63) is 12.3 Å². The molecular formula is C10H17N3O. The fraction of sp³-hybridized carbons (Fsp3) is 0.600. The Morgan fingerprint density at radius 2 is 2.29 bits per heavy atom. The Balaban J connectivity index is 2.42. The third kappa shape index (κ3) is 3.60. The third-order valence-electron chi connectivity index (χ3n) is 1.80. The second-order valence-electron chi connectivity index (χ2n) is 3.50. The van der Waals surface area contributed by atoms with Crippen LogP contribution in [0.3, 0.4) is 0 Å². The summed E-state index contributed by atoms with van der Waals surface area (Å²) < 4.78 is 5.47. The van der Waals surface area contributed by atoms with Crippen molar-refractivity contribution in [1.82, 2.24) is 9.97 Å². The number of hydrogen-bond donors (Lipinski definition) is 1. The zero-order valence-electron chi connectivity index (χ0n) is 8.95. The van der Waals surface area contributed by atoms with Crippen LogP contribution in [-0.4, -0.2) is 23.6 Å². The topological polar surface area (TPSA) is 47.0 Å². The Kier molecular flexibility index (Phi) is 4.16. The van der Waals surface area contributed by atoms with Gasteiger partial charge in [-0.05, 0) is 12.3 Å². The molecule has 0 fully saturated rings. The van der Waals surface area contributed by atoms with Gasteiger partial charge in [-0.25, -0.2) is 4.98 Å². The normalized spacial score (nSPS) is 10.3. The minimum atomic E-state index is 0.590. The van der Waals surface area contributed by atoms with Crippen LogP contribution < -0.4 is 10.1 Å². The summed E-state index contributed by atoms with van der Waals surface area (Å²) >= 11 is 0. The highest BCUT2D eigenvalue weighted by Crippen LogP contribution is 2.09. The summed E-state index contributed by atoms with van der Waals surface area (Å²) in [6.07, 6.45) is 2.72. The number of ether oxygens (including phenoxy) is 1. The van der Waals surface area contributed by atoms with Gasteiger partial charge in [0.15, 0.2) is 0 Å². The van der Waals surface area contributed by atoms with E-state index in [1.54, 1.807) is 19.3 Å². The molecule has 0 amide bonds. The van der Waals surface area contributed by atoms with Crippen molar-refractivity contribution in [2.75, 3.05) is 19.0 Å². The predicted octanol–water partition coefficient (Wildman–Crippen LogP) is 1.94. The lowest BCUT2D eigenvalue weighted by Crippen LogP contribution is -2.04. The smallest absolute Gasteiger partial charge is 0.225 e. The fourth-order valence-electron chi connectivity index (χ4n) is 0.942. The van der Waals surface area contributed by atoms with Gasteiger partial charge in [-0.2, -0.15) is 4.98 Å². The van der Waals surface area contributed by atoms with E-state index >= 15 is 0 Å². The van der Waals surface area contributed by atoms with Gasteiger partial charge in [0.25, 0.3) is 0 Å². The van der Waals surface area contributed by atoms with Crippen molar-refractivity contribution in [3.63, 3.8) is 0 Å². The van der Waals surface area contributed by atoms with Crippen molar-refractivity contribution < 1.29 is 4.74 Å². The second-order valence-corrected chi connectivity index (χ2v) is 3.50. The maximum Gasteiger partial charge on any atom is 0.225 e. The lowest BCUT2D eigenvalue weighted by molar-refractivity contribution is 0.279. The highest BCUT2D eigenvalue weighted by Gasteiger charge is 1.99. The van der Waals surface area contributed by atoms with Gasteiger partial charge in [0.05, 0.1) is 6.61 Å². The van der Waals surface area contributed by atoms with Crippen LogP contribution in [0, 0.1) is 5.92 Å². The highest BCUT2D eigenvalue weighted by molar-refractivity contribution is 5.25. The fourth-order valence-corrected chi connectivity index (χ4v) is 0.942. The van der Waals surface area contributed by atoms with Crippen LogP contribution in [-0.2, 0) is 0 Å². The Morgan fingerprint density at radius 1 is 1.50 bits per heavy atom. The average Bonchev–Trinajstić information content (AvgIpc) is 2.18. The predicted molar refractivity (Wildman–Crippen MR) is 56.5 cm³/mol. The monoisotopic (exact) mass is 195 g/mol. The Morgan fingerprint density at radius 3 is 2.93 bits per heavy atom. The molecule has 0 unspecified atom stereocenters. The molecule has 4 nitrogen and oxygen atoms in total. The van der Waals surface area contributed by atoms with E-state index in [1.807, 2.05) is 0 Å². The number of nitrogens with zero attached hydrogens (tertiary/aromatic N) is 2. The van der Waals surface area contributed by atoms with Gasteiger partial charge in [-0.1, -0.05) is 13.8 Å². The van der Waals surface area contributed by atoms with E-state index in [9.17, 15) is 0 Å². The Bertz CT molecular complexity index is 276. The van der Waals surface area contributed by atoms with Crippen molar-refractivity contribution in [2.24, 2.45) is 5.92 Å². The first-order valence-electron chi connectivity index (χ1n) is 4.86. The average molecular weight is 195 g/mol. The summed E-state index contributed by atoms with van der Waals surface area (Å²) in [4.78, 5) is 8.14. The Hall–Kier alpha value is -1.32. The molecule has 1 heterocycles. The molecule has 1 aromatic rings. The van der Waals surface area contributed by atoms with Gasteiger partial charge in [0.2, 0.25) is 11.8 Å². The summed E-state index contributed by atoms with van der Waals surface area (Å²) in [6.45, 7) is 5.04. The molecule has 0 radical (unpaired) electrons. The molecule has 4 heteroatoms. The van der Waals surface area contributed by atoms with Crippen LogP contribution in [0.15, 0.2) is 12.3 Å². The summed E-state index contributed by atoms with van der Waals surface area (Å²) in [5, 5.41) is 2.86. The third-order valence-corrected chi connectivity index (χ3v) is 1.80. The highest BCUT2D eigenvalue weighted by atomic mass is 16.5. The van der Waals surface area contributed by atoms with Crippen LogP contribution in [0.5, 0.6) is 5.88 Å². The molecule has 0 aromatic carbocycles. The molecule has 1 N–H and O–H groups in total. The second kappa shape index (κ2) is 5.42. The standard InChI is InChI=1S/C10H17N3O/c1-8(2)5-7-14-9-4-6-12-10(11-3)13-9/h4,6,8H,5,7H2,1-3H3,(H,11,12,13). The maximum absolute atomic E-state index is 5.47. The zero-order chi connectivity index (χ0) is 10.4. The molecule has 14 heavy (non-hydrogen) atoms. The van der Waals surface area contributed by atoms with Gasteiger partial charge >= 0.3 is 0 Å². The summed E-state index contributed by atoms with van der Waals surface area (Å²) in [6, 6.07) is 1.77. The molecule has 0 saturated heterocycles. The molecule has 1 rings (SSSR count). The molecule has 78 valence electrons. The van der Waals surface area contributed by atoms with E-state index in [1.165, 1.54) is 0 Å². The first-order valence-corrected chi connectivity index (χ1v) is 4.86. The molecule has 0 bridgehead atoms. The maximum atomic E-state index is 5.47.